The summed E-state index contributed by atoms with van der Waals surface area (Å²) in [7, 11) is 0. The largest absolute Gasteiger partial charge is 0.309 e. The average Bonchev–Trinajstić information content (AvgIpc) is 3.76. The fourth-order valence-corrected chi connectivity index (χ4v) is 10.1. The van der Waals surface area contributed by atoms with Gasteiger partial charge in [-0.3, -0.25) is 0 Å². The highest BCUT2D eigenvalue weighted by atomic mass is 15.2. The van der Waals surface area contributed by atoms with Gasteiger partial charge in [-0.05, 0) is 86.8 Å². The van der Waals surface area contributed by atoms with E-state index in [1.54, 1.807) is 0 Å². The number of rotatable bonds is 4. The van der Waals surface area contributed by atoms with E-state index in [9.17, 15) is 0 Å². The SMILES string of the molecule is CC1(C)c2ccccc2-c2c(N(c3cccc4c3C(C)(C)c3ccccc3-4)c3cccc4cc(-n5c6ccccc6c6ccccc65)ccc34)cccc21. The number of fused-ring (bicyclic) bond motifs is 10. The van der Waals surface area contributed by atoms with Gasteiger partial charge in [-0.1, -0.05) is 155 Å². The van der Waals surface area contributed by atoms with Gasteiger partial charge >= 0.3 is 0 Å². The molecule has 54 heavy (non-hydrogen) atoms. The first kappa shape index (κ1) is 31.2. The van der Waals surface area contributed by atoms with Crippen LogP contribution in [0, 0.1) is 0 Å². The van der Waals surface area contributed by atoms with E-state index in [1.165, 1.54) is 94.1 Å². The number of aromatic nitrogens is 1. The smallest absolute Gasteiger partial charge is 0.0543 e. The monoisotopic (exact) mass is 692 g/mol. The molecule has 0 atom stereocenters. The van der Waals surface area contributed by atoms with Crippen LogP contribution in [0.1, 0.15) is 49.9 Å². The van der Waals surface area contributed by atoms with Crippen LogP contribution in [-0.4, -0.2) is 4.57 Å². The van der Waals surface area contributed by atoms with E-state index in [-0.39, 0.29) is 10.8 Å². The lowest BCUT2D eigenvalue weighted by molar-refractivity contribution is 0.659. The highest BCUT2D eigenvalue weighted by Gasteiger charge is 2.41. The maximum atomic E-state index is 2.59. The molecule has 9 aromatic rings. The molecule has 258 valence electrons. The Morgan fingerprint density at radius 2 is 0.963 bits per heavy atom. The second-order valence-corrected chi connectivity index (χ2v) is 16.1. The molecule has 0 saturated heterocycles. The third-order valence-corrected chi connectivity index (χ3v) is 12.5. The van der Waals surface area contributed by atoms with Crippen LogP contribution in [0.5, 0.6) is 0 Å². The highest BCUT2D eigenvalue weighted by molar-refractivity contribution is 6.10. The maximum absolute atomic E-state index is 2.59. The predicted molar refractivity (Wildman–Crippen MR) is 228 cm³/mol. The van der Waals surface area contributed by atoms with Crippen molar-refractivity contribution in [2.24, 2.45) is 0 Å². The molecule has 2 aliphatic carbocycles. The van der Waals surface area contributed by atoms with Gasteiger partial charge in [0.1, 0.15) is 0 Å². The minimum absolute atomic E-state index is 0.113. The number of hydrogen-bond acceptors (Lipinski definition) is 1. The maximum Gasteiger partial charge on any atom is 0.0543 e. The molecule has 11 rings (SSSR count). The summed E-state index contributed by atoms with van der Waals surface area (Å²) in [4.78, 5) is 2.59. The first-order valence-electron chi connectivity index (χ1n) is 19.1. The molecule has 8 aromatic carbocycles. The summed E-state index contributed by atoms with van der Waals surface area (Å²) in [5.41, 5.74) is 17.7. The molecule has 0 bridgehead atoms. The van der Waals surface area contributed by atoms with Gasteiger partial charge in [-0.15, -0.1) is 0 Å². The number of para-hydroxylation sites is 2. The highest BCUT2D eigenvalue weighted by Crippen LogP contribution is 2.58. The van der Waals surface area contributed by atoms with Crippen LogP contribution in [0.2, 0.25) is 0 Å². The van der Waals surface area contributed by atoms with Crippen molar-refractivity contribution in [3.63, 3.8) is 0 Å². The number of benzene rings is 8. The fourth-order valence-electron chi connectivity index (χ4n) is 10.1. The van der Waals surface area contributed by atoms with Crippen LogP contribution in [0.3, 0.4) is 0 Å². The Kier molecular flexibility index (Phi) is 6.39. The summed E-state index contributed by atoms with van der Waals surface area (Å²) in [6.07, 6.45) is 0. The Morgan fingerprint density at radius 3 is 1.72 bits per heavy atom. The second-order valence-electron chi connectivity index (χ2n) is 16.1. The molecule has 0 aliphatic heterocycles. The Balaban J connectivity index is 1.20. The van der Waals surface area contributed by atoms with E-state index in [1.807, 2.05) is 0 Å². The number of anilines is 3. The zero-order valence-electron chi connectivity index (χ0n) is 31.1. The summed E-state index contributed by atoms with van der Waals surface area (Å²) in [5, 5.41) is 4.97. The van der Waals surface area contributed by atoms with Crippen molar-refractivity contribution < 1.29 is 0 Å². The summed E-state index contributed by atoms with van der Waals surface area (Å²) >= 11 is 0. The van der Waals surface area contributed by atoms with Crippen molar-refractivity contribution in [1.29, 1.82) is 0 Å². The standard InChI is InChI=1S/C52H40N2/c1-51(2)42-23-10-6-20-40(42)49-43(51)24-15-28-47(49)54(48-29-14-21-39-36-17-5-9-22-41(36)52(3,4)50(39)48)44-27-13-16-33-32-34(30-31-35(33)44)53-45-25-11-7-18-37(45)38-19-8-12-26-46(38)53/h5-32H,1-4H3. The Hall–Kier alpha value is -6.38. The van der Waals surface area contributed by atoms with E-state index in [0.29, 0.717) is 0 Å². The molecule has 0 amide bonds. The molecule has 0 N–H and O–H groups in total. The third kappa shape index (κ3) is 4.11. The summed E-state index contributed by atoms with van der Waals surface area (Å²) < 4.78 is 2.42. The Labute approximate surface area is 316 Å². The van der Waals surface area contributed by atoms with Crippen molar-refractivity contribution >= 4 is 49.6 Å². The van der Waals surface area contributed by atoms with Crippen molar-refractivity contribution in [2.75, 3.05) is 4.90 Å². The van der Waals surface area contributed by atoms with Crippen molar-refractivity contribution in [1.82, 2.24) is 4.57 Å². The fraction of sp³-hybridized carbons (Fsp3) is 0.115. The minimum Gasteiger partial charge on any atom is -0.309 e. The lowest BCUT2D eigenvalue weighted by Crippen LogP contribution is -2.21. The van der Waals surface area contributed by atoms with Gasteiger partial charge < -0.3 is 9.47 Å². The minimum atomic E-state index is -0.190. The molecule has 1 aromatic heterocycles. The van der Waals surface area contributed by atoms with Crippen LogP contribution < -0.4 is 4.90 Å². The summed E-state index contributed by atoms with van der Waals surface area (Å²) in [5.74, 6) is 0. The van der Waals surface area contributed by atoms with Gasteiger partial charge in [-0.25, -0.2) is 0 Å². The van der Waals surface area contributed by atoms with Gasteiger partial charge in [-0.2, -0.15) is 0 Å². The van der Waals surface area contributed by atoms with Gasteiger partial charge in [0.15, 0.2) is 0 Å². The molecule has 0 radical (unpaired) electrons. The molecule has 0 unspecified atom stereocenters. The van der Waals surface area contributed by atoms with E-state index >= 15 is 0 Å². The van der Waals surface area contributed by atoms with E-state index < -0.39 is 0 Å². The molecular formula is C52H40N2. The molecule has 0 fully saturated rings. The summed E-state index contributed by atoms with van der Waals surface area (Å²) in [6.45, 7) is 9.54. The van der Waals surface area contributed by atoms with Gasteiger partial charge in [0.25, 0.3) is 0 Å². The molecule has 0 saturated carbocycles. The van der Waals surface area contributed by atoms with Crippen LogP contribution in [0.25, 0.3) is 60.5 Å². The lowest BCUT2D eigenvalue weighted by Gasteiger charge is -2.34. The molecular weight excluding hydrogens is 653 g/mol. The van der Waals surface area contributed by atoms with Crippen LogP contribution >= 0.6 is 0 Å². The normalized spacial score (nSPS) is 14.6. The van der Waals surface area contributed by atoms with Gasteiger partial charge in [0.05, 0.1) is 28.1 Å². The first-order valence-corrected chi connectivity index (χ1v) is 19.1. The number of hydrogen-bond donors (Lipinski definition) is 0. The van der Waals surface area contributed by atoms with Crippen LogP contribution in [0.15, 0.2) is 170 Å². The number of nitrogens with zero attached hydrogens (tertiary/aromatic N) is 2. The van der Waals surface area contributed by atoms with Gasteiger partial charge in [0.2, 0.25) is 0 Å². The lowest BCUT2D eigenvalue weighted by atomic mass is 9.81. The van der Waals surface area contributed by atoms with Crippen LogP contribution in [-0.2, 0) is 10.8 Å². The quantitative estimate of drug-likeness (QED) is 0.178. The zero-order chi connectivity index (χ0) is 36.3. The van der Waals surface area contributed by atoms with Crippen molar-refractivity contribution in [3.8, 4) is 27.9 Å². The Bertz CT molecular complexity index is 2960. The second kappa shape index (κ2) is 11.1. The van der Waals surface area contributed by atoms with Gasteiger partial charge in [0, 0.05) is 38.2 Å². The first-order chi connectivity index (χ1) is 26.3. The molecule has 1 heterocycles. The predicted octanol–water partition coefficient (Wildman–Crippen LogP) is 14.0. The zero-order valence-corrected chi connectivity index (χ0v) is 31.1. The molecule has 2 nitrogen and oxygen atoms in total. The van der Waals surface area contributed by atoms with E-state index in [0.717, 1.165) is 5.69 Å². The topological polar surface area (TPSA) is 8.17 Å². The Morgan fingerprint density at radius 1 is 0.407 bits per heavy atom. The van der Waals surface area contributed by atoms with E-state index in [2.05, 4.69) is 207 Å². The van der Waals surface area contributed by atoms with E-state index in [4.69, 9.17) is 0 Å². The summed E-state index contributed by atoms with van der Waals surface area (Å²) in [6, 6.07) is 63.3. The molecule has 0 spiro atoms. The molecule has 2 heteroatoms. The average molecular weight is 693 g/mol. The van der Waals surface area contributed by atoms with Crippen LogP contribution in [0.4, 0.5) is 17.1 Å². The third-order valence-electron chi connectivity index (χ3n) is 12.5. The van der Waals surface area contributed by atoms with Crippen molar-refractivity contribution in [2.45, 2.75) is 38.5 Å². The molecule has 2 aliphatic rings. The van der Waals surface area contributed by atoms with Crippen molar-refractivity contribution in [3.05, 3.63) is 192 Å².